The van der Waals surface area contributed by atoms with Crippen molar-refractivity contribution in [3.05, 3.63) is 30.0 Å². The van der Waals surface area contributed by atoms with Crippen LogP contribution in [0.1, 0.15) is 25.5 Å². The van der Waals surface area contributed by atoms with Gasteiger partial charge < -0.3 is 19.6 Å². The quantitative estimate of drug-likeness (QED) is 0.878. The van der Waals surface area contributed by atoms with Gasteiger partial charge in [0.25, 0.3) is 0 Å². The van der Waals surface area contributed by atoms with Gasteiger partial charge in [0.15, 0.2) is 5.75 Å². The van der Waals surface area contributed by atoms with Crippen LogP contribution in [0.2, 0.25) is 0 Å². The van der Waals surface area contributed by atoms with Gasteiger partial charge in [-0.3, -0.25) is 0 Å². The highest BCUT2D eigenvalue weighted by Gasteiger charge is 2.24. The van der Waals surface area contributed by atoms with E-state index in [4.69, 9.17) is 31.8 Å². The fraction of sp³-hybridized carbons (Fsp3) is 0.400. The third-order valence-electron chi connectivity index (χ3n) is 3.51. The number of benzene rings is 1. The summed E-state index contributed by atoms with van der Waals surface area (Å²) in [6.07, 6.45) is 2.51. The van der Waals surface area contributed by atoms with Gasteiger partial charge in [-0.05, 0) is 31.9 Å². The van der Waals surface area contributed by atoms with E-state index in [0.717, 1.165) is 23.8 Å². The summed E-state index contributed by atoms with van der Waals surface area (Å²) in [6, 6.07) is 7.65. The van der Waals surface area contributed by atoms with Crippen LogP contribution in [0.15, 0.2) is 28.7 Å². The fourth-order valence-corrected chi connectivity index (χ4v) is 2.65. The van der Waals surface area contributed by atoms with Crippen molar-refractivity contribution < 1.29 is 13.9 Å². The van der Waals surface area contributed by atoms with Gasteiger partial charge in [0, 0.05) is 0 Å². The van der Waals surface area contributed by atoms with Crippen molar-refractivity contribution in [2.24, 2.45) is 5.73 Å². The molecule has 20 heavy (non-hydrogen) atoms. The monoisotopic (exact) mass is 291 g/mol. The number of hydrogen-bond donors (Lipinski definition) is 1. The Hall–Kier alpha value is -1.59. The number of hydrogen-bond acceptors (Lipinski definition) is 4. The van der Waals surface area contributed by atoms with Crippen molar-refractivity contribution in [2.75, 3.05) is 6.61 Å². The maximum absolute atomic E-state index is 5.90. The molecule has 0 aliphatic carbocycles. The standard InChI is InChI=1S/C15H17NO3S/c1-9-6-7-10(18-9)8-17-13-11-4-2-3-5-12(11)19-14(13)15(16)20/h2-5,9-10H,6-8H2,1H3,(H2,16,20). The molecule has 3 rings (SSSR count). The summed E-state index contributed by atoms with van der Waals surface area (Å²) in [6.45, 7) is 2.57. The lowest BCUT2D eigenvalue weighted by Crippen LogP contribution is -2.19. The Morgan fingerprint density at radius 2 is 2.20 bits per heavy atom. The number of rotatable bonds is 4. The Bertz CT molecular complexity index is 637. The molecule has 1 aromatic carbocycles. The lowest BCUT2D eigenvalue weighted by molar-refractivity contribution is 0.0266. The lowest BCUT2D eigenvalue weighted by atomic mass is 10.2. The zero-order valence-corrected chi connectivity index (χ0v) is 12.1. The van der Waals surface area contributed by atoms with Crippen molar-refractivity contribution in [3.8, 4) is 5.75 Å². The molecule has 106 valence electrons. The van der Waals surface area contributed by atoms with Crippen molar-refractivity contribution in [1.29, 1.82) is 0 Å². The molecule has 2 heterocycles. The van der Waals surface area contributed by atoms with Crippen LogP contribution >= 0.6 is 12.2 Å². The molecule has 4 nitrogen and oxygen atoms in total. The summed E-state index contributed by atoms with van der Waals surface area (Å²) in [5.41, 5.74) is 6.44. The second-order valence-electron chi connectivity index (χ2n) is 5.08. The molecule has 1 aliphatic rings. The Kier molecular flexibility index (Phi) is 3.63. The number of ether oxygens (including phenoxy) is 2. The summed E-state index contributed by atoms with van der Waals surface area (Å²) in [7, 11) is 0. The van der Waals surface area contributed by atoms with Crippen molar-refractivity contribution in [2.45, 2.75) is 32.0 Å². The molecule has 0 saturated carbocycles. The number of furan rings is 1. The van der Waals surface area contributed by atoms with Gasteiger partial charge in [-0.1, -0.05) is 24.4 Å². The minimum Gasteiger partial charge on any atom is -0.486 e. The Balaban J connectivity index is 1.85. The fourth-order valence-electron chi connectivity index (χ4n) is 2.51. The molecule has 1 aromatic heterocycles. The van der Waals surface area contributed by atoms with Crippen LogP contribution < -0.4 is 10.5 Å². The summed E-state index contributed by atoms with van der Waals surface area (Å²) < 4.78 is 17.3. The van der Waals surface area contributed by atoms with Crippen LogP contribution in [0.25, 0.3) is 11.0 Å². The van der Waals surface area contributed by atoms with E-state index in [1.807, 2.05) is 24.3 Å². The second-order valence-corrected chi connectivity index (χ2v) is 5.52. The highest BCUT2D eigenvalue weighted by molar-refractivity contribution is 7.80. The highest BCUT2D eigenvalue weighted by atomic mass is 32.1. The second kappa shape index (κ2) is 5.42. The van der Waals surface area contributed by atoms with E-state index >= 15 is 0 Å². The number of fused-ring (bicyclic) bond motifs is 1. The maximum Gasteiger partial charge on any atom is 0.204 e. The molecule has 1 fully saturated rings. The van der Waals surface area contributed by atoms with Gasteiger partial charge in [-0.2, -0.15) is 0 Å². The van der Waals surface area contributed by atoms with E-state index in [1.165, 1.54) is 0 Å². The smallest absolute Gasteiger partial charge is 0.204 e. The molecule has 1 aliphatic heterocycles. The summed E-state index contributed by atoms with van der Waals surface area (Å²) in [5, 5.41) is 0.890. The average Bonchev–Trinajstić information content (AvgIpc) is 3.00. The molecule has 2 atom stereocenters. The summed E-state index contributed by atoms with van der Waals surface area (Å²) >= 11 is 5.03. The van der Waals surface area contributed by atoms with Gasteiger partial charge in [-0.15, -0.1) is 0 Å². The topological polar surface area (TPSA) is 57.6 Å². The number of nitrogens with two attached hydrogens (primary N) is 1. The molecule has 2 N–H and O–H groups in total. The van der Waals surface area contributed by atoms with E-state index in [0.29, 0.717) is 24.2 Å². The lowest BCUT2D eigenvalue weighted by Gasteiger charge is -2.12. The van der Waals surface area contributed by atoms with Crippen LogP contribution in [0.3, 0.4) is 0 Å². The first-order valence-corrected chi connectivity index (χ1v) is 7.15. The first-order valence-electron chi connectivity index (χ1n) is 6.74. The molecule has 0 spiro atoms. The van der Waals surface area contributed by atoms with Gasteiger partial charge >= 0.3 is 0 Å². The van der Waals surface area contributed by atoms with Crippen LogP contribution in [0.5, 0.6) is 5.75 Å². The third kappa shape index (κ3) is 2.51. The zero-order valence-electron chi connectivity index (χ0n) is 11.3. The van der Waals surface area contributed by atoms with Crippen LogP contribution in [0, 0.1) is 0 Å². The van der Waals surface area contributed by atoms with Gasteiger partial charge in [0.2, 0.25) is 5.76 Å². The minimum absolute atomic E-state index is 0.123. The number of thiocarbonyl (C=S) groups is 1. The zero-order chi connectivity index (χ0) is 14.1. The molecular weight excluding hydrogens is 274 g/mol. The van der Waals surface area contributed by atoms with Crippen LogP contribution in [-0.2, 0) is 4.74 Å². The predicted octanol–water partition coefficient (Wildman–Crippen LogP) is 3.01. The van der Waals surface area contributed by atoms with Crippen LogP contribution in [0.4, 0.5) is 0 Å². The van der Waals surface area contributed by atoms with Crippen molar-refractivity contribution in [1.82, 2.24) is 0 Å². The van der Waals surface area contributed by atoms with E-state index in [1.54, 1.807) is 0 Å². The molecule has 0 amide bonds. The van der Waals surface area contributed by atoms with Gasteiger partial charge in [0.1, 0.15) is 17.2 Å². The van der Waals surface area contributed by atoms with E-state index in [9.17, 15) is 0 Å². The molecule has 2 aromatic rings. The molecule has 0 bridgehead atoms. The van der Waals surface area contributed by atoms with Gasteiger partial charge in [-0.25, -0.2) is 0 Å². The van der Waals surface area contributed by atoms with Crippen molar-refractivity contribution >= 4 is 28.2 Å². The van der Waals surface area contributed by atoms with Crippen molar-refractivity contribution in [3.63, 3.8) is 0 Å². The summed E-state index contributed by atoms with van der Waals surface area (Å²) in [4.78, 5) is 0.205. The van der Waals surface area contributed by atoms with E-state index < -0.39 is 0 Å². The molecule has 1 saturated heterocycles. The van der Waals surface area contributed by atoms with Crippen LogP contribution in [-0.4, -0.2) is 23.8 Å². The first-order chi connectivity index (χ1) is 9.65. The number of para-hydroxylation sites is 1. The average molecular weight is 291 g/mol. The molecule has 2 unspecified atom stereocenters. The highest BCUT2D eigenvalue weighted by Crippen LogP contribution is 2.33. The van der Waals surface area contributed by atoms with Gasteiger partial charge in [0.05, 0.1) is 17.6 Å². The SMILES string of the molecule is CC1CCC(COc2c(C(N)=S)oc3ccccc23)O1. The summed E-state index contributed by atoms with van der Waals surface area (Å²) in [5.74, 6) is 1.06. The molecule has 5 heteroatoms. The third-order valence-corrected chi connectivity index (χ3v) is 3.69. The van der Waals surface area contributed by atoms with E-state index in [-0.39, 0.29) is 11.1 Å². The predicted molar refractivity (Wildman–Crippen MR) is 81.2 cm³/mol. The molecule has 0 radical (unpaired) electrons. The first kappa shape index (κ1) is 13.4. The Morgan fingerprint density at radius 1 is 1.40 bits per heavy atom. The molecular formula is C15H17NO3S. The Morgan fingerprint density at radius 3 is 2.90 bits per heavy atom. The van der Waals surface area contributed by atoms with E-state index in [2.05, 4.69) is 6.92 Å². The minimum atomic E-state index is 0.123. The maximum atomic E-state index is 5.90. The normalized spacial score (nSPS) is 22.2. The largest absolute Gasteiger partial charge is 0.486 e. The Labute approximate surface area is 122 Å².